The molecule has 1 atom stereocenters. The number of hydrogen-bond acceptors (Lipinski definition) is 4. The number of sulfonamides is 1. The van der Waals surface area contributed by atoms with Gasteiger partial charge in [-0.3, -0.25) is 4.79 Å². The maximum absolute atomic E-state index is 12.3. The minimum absolute atomic E-state index is 0.0893. The van der Waals surface area contributed by atoms with E-state index in [2.05, 4.69) is 10.0 Å². The van der Waals surface area contributed by atoms with Gasteiger partial charge in [-0.15, -0.1) is 0 Å². The molecular weight excluding hydrogens is 296 g/mol. The molecule has 0 bridgehead atoms. The zero-order valence-corrected chi connectivity index (χ0v) is 13.0. The highest BCUT2D eigenvalue weighted by atomic mass is 32.2. The molecule has 8 heteroatoms. The van der Waals surface area contributed by atoms with Gasteiger partial charge in [-0.1, -0.05) is 6.07 Å². The summed E-state index contributed by atoms with van der Waals surface area (Å²) in [6, 6.07) is 1.63. The van der Waals surface area contributed by atoms with E-state index in [4.69, 9.17) is 5.11 Å². The SMILES string of the molecule is CNC(=O)C(C)NS(=O)(=O)c1cc(C(=O)O)c(C)cc1C. The zero-order valence-electron chi connectivity index (χ0n) is 12.2. The summed E-state index contributed by atoms with van der Waals surface area (Å²) < 4.78 is 26.8. The van der Waals surface area contributed by atoms with Crippen LogP contribution in [0.15, 0.2) is 17.0 Å². The molecule has 1 aromatic rings. The van der Waals surface area contributed by atoms with E-state index in [0.717, 1.165) is 6.07 Å². The van der Waals surface area contributed by atoms with Crippen LogP contribution in [0.25, 0.3) is 0 Å². The Balaban J connectivity index is 3.29. The maximum Gasteiger partial charge on any atom is 0.335 e. The van der Waals surface area contributed by atoms with Crippen molar-refractivity contribution < 1.29 is 23.1 Å². The highest BCUT2D eigenvalue weighted by Crippen LogP contribution is 2.21. The first-order valence-corrected chi connectivity index (χ1v) is 7.67. The summed E-state index contributed by atoms with van der Waals surface area (Å²) in [5.74, 6) is -1.69. The number of carbonyl (C=O) groups is 2. The Morgan fingerprint density at radius 3 is 2.24 bits per heavy atom. The fourth-order valence-corrected chi connectivity index (χ4v) is 3.37. The van der Waals surface area contributed by atoms with Crippen LogP contribution < -0.4 is 10.0 Å². The second kappa shape index (κ2) is 6.23. The molecule has 3 N–H and O–H groups in total. The lowest BCUT2D eigenvalue weighted by Crippen LogP contribution is -2.43. The predicted octanol–water partition coefficient (Wildman–Crippen LogP) is 0.414. The predicted molar refractivity (Wildman–Crippen MR) is 76.7 cm³/mol. The lowest BCUT2D eigenvalue weighted by molar-refractivity contribution is -0.121. The second-order valence-electron chi connectivity index (χ2n) is 4.70. The summed E-state index contributed by atoms with van der Waals surface area (Å²) in [4.78, 5) is 22.4. The molecule has 1 amide bonds. The average molecular weight is 314 g/mol. The van der Waals surface area contributed by atoms with Crippen LogP contribution in [-0.2, 0) is 14.8 Å². The van der Waals surface area contributed by atoms with E-state index in [1.165, 1.54) is 20.0 Å². The number of carboxylic acids is 1. The number of aryl methyl sites for hydroxylation is 2. The van der Waals surface area contributed by atoms with E-state index >= 15 is 0 Å². The van der Waals surface area contributed by atoms with Crippen molar-refractivity contribution in [2.24, 2.45) is 0 Å². The Hall–Kier alpha value is -1.93. The van der Waals surface area contributed by atoms with Crippen LogP contribution >= 0.6 is 0 Å². The third kappa shape index (κ3) is 3.79. The second-order valence-corrected chi connectivity index (χ2v) is 6.38. The third-order valence-electron chi connectivity index (χ3n) is 3.01. The Morgan fingerprint density at radius 1 is 1.19 bits per heavy atom. The van der Waals surface area contributed by atoms with E-state index < -0.39 is 27.9 Å². The summed E-state index contributed by atoms with van der Waals surface area (Å²) in [5, 5.41) is 11.4. The molecule has 0 saturated carbocycles. The maximum atomic E-state index is 12.3. The number of carboxylic acid groups (broad SMARTS) is 1. The van der Waals surface area contributed by atoms with Crippen LogP contribution in [0.5, 0.6) is 0 Å². The molecule has 7 nitrogen and oxygen atoms in total. The number of rotatable bonds is 5. The summed E-state index contributed by atoms with van der Waals surface area (Å²) in [7, 11) is -2.60. The van der Waals surface area contributed by atoms with Crippen LogP contribution in [0.1, 0.15) is 28.4 Å². The molecule has 0 fully saturated rings. The Labute approximate surface area is 123 Å². The van der Waals surface area contributed by atoms with Gasteiger partial charge in [0, 0.05) is 7.05 Å². The van der Waals surface area contributed by atoms with Crippen LogP contribution in [-0.4, -0.2) is 38.5 Å². The van der Waals surface area contributed by atoms with Crippen molar-refractivity contribution in [3.63, 3.8) is 0 Å². The van der Waals surface area contributed by atoms with Crippen LogP contribution in [0.2, 0.25) is 0 Å². The average Bonchev–Trinajstić information content (AvgIpc) is 2.36. The summed E-state index contributed by atoms with van der Waals surface area (Å²) >= 11 is 0. The first-order chi connectivity index (χ1) is 9.60. The monoisotopic (exact) mass is 314 g/mol. The van der Waals surface area contributed by atoms with Crippen LogP contribution in [0.3, 0.4) is 0 Å². The fourth-order valence-electron chi connectivity index (χ4n) is 1.92. The lowest BCUT2D eigenvalue weighted by atomic mass is 10.1. The molecule has 1 unspecified atom stereocenters. The minimum Gasteiger partial charge on any atom is -0.478 e. The fraction of sp³-hybridized carbons (Fsp3) is 0.385. The molecule has 1 aromatic carbocycles. The summed E-state index contributed by atoms with van der Waals surface area (Å²) in [6.07, 6.45) is 0. The molecular formula is C13H18N2O5S. The highest BCUT2D eigenvalue weighted by molar-refractivity contribution is 7.89. The minimum atomic E-state index is -3.99. The van der Waals surface area contributed by atoms with Crippen molar-refractivity contribution in [2.75, 3.05) is 7.05 Å². The zero-order chi connectivity index (χ0) is 16.4. The van der Waals surface area contributed by atoms with Crippen molar-refractivity contribution in [1.29, 1.82) is 0 Å². The van der Waals surface area contributed by atoms with E-state index in [-0.39, 0.29) is 10.5 Å². The Kier molecular flexibility index (Phi) is 5.08. The van der Waals surface area contributed by atoms with E-state index in [0.29, 0.717) is 11.1 Å². The number of carbonyl (C=O) groups excluding carboxylic acids is 1. The van der Waals surface area contributed by atoms with E-state index in [1.54, 1.807) is 13.8 Å². The van der Waals surface area contributed by atoms with Gasteiger partial charge in [0.2, 0.25) is 15.9 Å². The van der Waals surface area contributed by atoms with Gasteiger partial charge in [-0.25, -0.2) is 13.2 Å². The van der Waals surface area contributed by atoms with Gasteiger partial charge in [-0.05, 0) is 38.0 Å². The topological polar surface area (TPSA) is 113 Å². The Bertz CT molecular complexity index is 682. The number of hydrogen-bond donors (Lipinski definition) is 3. The first kappa shape index (κ1) is 17.1. The molecule has 0 heterocycles. The molecule has 116 valence electrons. The van der Waals surface area contributed by atoms with Gasteiger partial charge >= 0.3 is 5.97 Å². The lowest BCUT2D eigenvalue weighted by Gasteiger charge is -2.15. The van der Waals surface area contributed by atoms with E-state index in [9.17, 15) is 18.0 Å². The van der Waals surface area contributed by atoms with Crippen LogP contribution in [0.4, 0.5) is 0 Å². The molecule has 0 aromatic heterocycles. The van der Waals surface area contributed by atoms with Gasteiger partial charge in [0.15, 0.2) is 0 Å². The van der Waals surface area contributed by atoms with E-state index in [1.807, 2.05) is 0 Å². The molecule has 0 aliphatic carbocycles. The standard InChI is InChI=1S/C13H18N2O5S/c1-7-5-8(2)11(6-10(7)13(17)18)21(19,20)15-9(3)12(16)14-4/h5-6,9,15H,1-4H3,(H,14,16)(H,17,18). The smallest absolute Gasteiger partial charge is 0.335 e. The van der Waals surface area contributed by atoms with Crippen molar-refractivity contribution in [1.82, 2.24) is 10.0 Å². The van der Waals surface area contributed by atoms with Crippen molar-refractivity contribution in [3.05, 3.63) is 28.8 Å². The van der Waals surface area contributed by atoms with Crippen LogP contribution in [0, 0.1) is 13.8 Å². The number of nitrogens with one attached hydrogen (secondary N) is 2. The van der Waals surface area contributed by atoms with Gasteiger partial charge in [0.1, 0.15) is 0 Å². The van der Waals surface area contributed by atoms with Crippen molar-refractivity contribution in [2.45, 2.75) is 31.7 Å². The molecule has 0 spiro atoms. The number of amides is 1. The van der Waals surface area contributed by atoms with Crippen molar-refractivity contribution in [3.8, 4) is 0 Å². The first-order valence-electron chi connectivity index (χ1n) is 6.18. The summed E-state index contributed by atoms with van der Waals surface area (Å²) in [5.41, 5.74) is 0.793. The Morgan fingerprint density at radius 2 is 1.76 bits per heavy atom. The third-order valence-corrected chi connectivity index (χ3v) is 4.70. The number of benzene rings is 1. The molecule has 21 heavy (non-hydrogen) atoms. The number of aromatic carboxylic acids is 1. The van der Waals surface area contributed by atoms with Gasteiger partial charge < -0.3 is 10.4 Å². The highest BCUT2D eigenvalue weighted by Gasteiger charge is 2.24. The molecule has 0 saturated heterocycles. The van der Waals surface area contributed by atoms with Gasteiger partial charge in [-0.2, -0.15) is 4.72 Å². The molecule has 1 rings (SSSR count). The van der Waals surface area contributed by atoms with Gasteiger partial charge in [0.25, 0.3) is 0 Å². The normalized spacial score (nSPS) is 12.8. The molecule has 0 aliphatic rings. The number of likely N-dealkylation sites (N-methyl/N-ethyl adjacent to an activating group) is 1. The molecule has 0 aliphatic heterocycles. The largest absolute Gasteiger partial charge is 0.478 e. The molecule has 0 radical (unpaired) electrons. The van der Waals surface area contributed by atoms with Gasteiger partial charge in [0.05, 0.1) is 16.5 Å². The van der Waals surface area contributed by atoms with Crippen molar-refractivity contribution >= 4 is 21.9 Å². The quantitative estimate of drug-likeness (QED) is 0.729. The summed E-state index contributed by atoms with van der Waals surface area (Å²) in [6.45, 7) is 4.56.